The number of carbonyl (C=O) groups excluding carboxylic acids is 3. The molecule has 1 aromatic carbocycles. The number of carbonyl (C=O) groups is 3. The maximum Gasteiger partial charge on any atom is 0.410 e. The Morgan fingerprint density at radius 2 is 1.73 bits per heavy atom. The van der Waals surface area contributed by atoms with E-state index in [0.717, 1.165) is 0 Å². The van der Waals surface area contributed by atoms with Gasteiger partial charge in [0.1, 0.15) is 5.60 Å². The van der Waals surface area contributed by atoms with Crippen molar-refractivity contribution in [1.29, 1.82) is 0 Å². The Bertz CT molecular complexity index is 783. The second-order valence-corrected chi connectivity index (χ2v) is 9.07. The Balaban J connectivity index is 2.26. The third kappa shape index (κ3) is 6.51. The average molecular weight is 459 g/mol. The molecule has 1 atom stereocenters. The molecule has 0 aliphatic carbocycles. The fourth-order valence-electron chi connectivity index (χ4n) is 3.36. The van der Waals surface area contributed by atoms with Gasteiger partial charge in [0, 0.05) is 30.1 Å². The molecule has 7 nitrogen and oxygen atoms in total. The van der Waals surface area contributed by atoms with Crippen LogP contribution in [-0.2, 0) is 19.1 Å². The number of likely N-dealkylation sites (tertiary alicyclic amines) is 1. The third-order valence-corrected chi connectivity index (χ3v) is 4.98. The summed E-state index contributed by atoms with van der Waals surface area (Å²) in [6.45, 7) is 9.38. The fourth-order valence-corrected chi connectivity index (χ4v) is 3.90. The molecule has 30 heavy (non-hydrogen) atoms. The zero-order valence-electron chi connectivity index (χ0n) is 17.9. The van der Waals surface area contributed by atoms with E-state index in [9.17, 15) is 14.4 Å². The highest BCUT2D eigenvalue weighted by molar-refractivity contribution is 6.34. The smallest absolute Gasteiger partial charge is 0.410 e. The molecule has 1 aromatic rings. The Labute approximate surface area is 187 Å². The summed E-state index contributed by atoms with van der Waals surface area (Å²) in [5.74, 6) is -0.664. The molecule has 1 aliphatic heterocycles. The number of hydrogen-bond acceptors (Lipinski definition) is 5. The summed E-state index contributed by atoms with van der Waals surface area (Å²) < 4.78 is 10.5. The first-order chi connectivity index (χ1) is 13.9. The molecule has 1 aliphatic rings. The molecule has 1 saturated heterocycles. The molecule has 166 valence electrons. The highest BCUT2D eigenvalue weighted by Crippen LogP contribution is 2.34. The topological polar surface area (TPSA) is 76.2 Å². The van der Waals surface area contributed by atoms with Gasteiger partial charge < -0.3 is 19.3 Å². The van der Waals surface area contributed by atoms with Crippen molar-refractivity contribution in [3.05, 3.63) is 33.8 Å². The van der Waals surface area contributed by atoms with Crippen molar-refractivity contribution < 1.29 is 23.9 Å². The van der Waals surface area contributed by atoms with Crippen LogP contribution in [0.5, 0.6) is 0 Å². The molecule has 1 heterocycles. The number of ether oxygens (including phenoxy) is 2. The Hall–Kier alpha value is -1.99. The Morgan fingerprint density at radius 3 is 2.20 bits per heavy atom. The molecule has 0 N–H and O–H groups in total. The molecule has 0 radical (unpaired) electrons. The molecule has 9 heteroatoms. The van der Waals surface area contributed by atoms with Crippen molar-refractivity contribution in [2.75, 3.05) is 19.7 Å². The van der Waals surface area contributed by atoms with Crippen LogP contribution in [0, 0.1) is 0 Å². The van der Waals surface area contributed by atoms with Crippen molar-refractivity contribution in [3.8, 4) is 0 Å². The lowest BCUT2D eigenvalue weighted by Crippen LogP contribution is -2.63. The summed E-state index contributed by atoms with van der Waals surface area (Å²) in [5, 5.41) is 0.803. The minimum atomic E-state index is -0.622. The van der Waals surface area contributed by atoms with Crippen molar-refractivity contribution in [2.24, 2.45) is 0 Å². The van der Waals surface area contributed by atoms with Crippen molar-refractivity contribution in [1.82, 2.24) is 9.80 Å². The lowest BCUT2D eigenvalue weighted by Gasteiger charge is -2.47. The SMILES string of the molecule is CCOC(=O)C[C@@H](c1cc(Cl)cc(Cl)c1)N(C(C)=O)C1CN(C(=O)OC(C)(C)C)C1. The highest BCUT2D eigenvalue weighted by Gasteiger charge is 2.42. The average Bonchev–Trinajstić information content (AvgIpc) is 2.53. The first kappa shape index (κ1) is 24.3. The third-order valence-electron chi connectivity index (χ3n) is 4.54. The zero-order valence-corrected chi connectivity index (χ0v) is 19.4. The number of halogens is 2. The standard InChI is InChI=1S/C21H28Cl2N2O5/c1-6-29-19(27)10-18(14-7-15(22)9-16(23)8-14)25(13(2)26)17-11-24(12-17)20(28)30-21(3,4)5/h7-9,17-18H,6,10-12H2,1-5H3/t18-/m0/s1. The second-order valence-electron chi connectivity index (χ2n) is 8.19. The molecular weight excluding hydrogens is 431 g/mol. The Kier molecular flexibility index (Phi) is 7.99. The van der Waals surface area contributed by atoms with Gasteiger partial charge in [0.2, 0.25) is 5.91 Å². The Morgan fingerprint density at radius 1 is 1.17 bits per heavy atom. The lowest BCUT2D eigenvalue weighted by molar-refractivity contribution is -0.148. The molecule has 0 bridgehead atoms. The van der Waals surface area contributed by atoms with Crippen molar-refractivity contribution in [3.63, 3.8) is 0 Å². The second kappa shape index (κ2) is 9.88. The summed E-state index contributed by atoms with van der Waals surface area (Å²) in [6.07, 6.45) is -0.484. The lowest BCUT2D eigenvalue weighted by atomic mass is 9.97. The molecule has 0 unspecified atom stereocenters. The van der Waals surface area contributed by atoms with Crippen LogP contribution < -0.4 is 0 Å². The van der Waals surface area contributed by atoms with Crippen LogP contribution in [0.4, 0.5) is 4.79 Å². The summed E-state index contributed by atoms with van der Waals surface area (Å²) in [5.41, 5.74) is 0.0262. The van der Waals surface area contributed by atoms with E-state index in [-0.39, 0.29) is 25.0 Å². The summed E-state index contributed by atoms with van der Waals surface area (Å²) >= 11 is 12.3. The van der Waals surface area contributed by atoms with Crippen LogP contribution in [0.3, 0.4) is 0 Å². The largest absolute Gasteiger partial charge is 0.466 e. The molecule has 0 saturated carbocycles. The molecule has 2 amide bonds. The van der Waals surface area contributed by atoms with Crippen LogP contribution in [0.1, 0.15) is 52.6 Å². The molecule has 0 spiro atoms. The van der Waals surface area contributed by atoms with Crippen LogP contribution in [0.2, 0.25) is 10.0 Å². The van der Waals surface area contributed by atoms with Crippen LogP contribution in [0.15, 0.2) is 18.2 Å². The molecular formula is C21H28Cl2N2O5. The van der Waals surface area contributed by atoms with Gasteiger partial charge in [-0.3, -0.25) is 9.59 Å². The van der Waals surface area contributed by atoms with Gasteiger partial charge in [0.15, 0.2) is 0 Å². The van der Waals surface area contributed by atoms with Gasteiger partial charge in [-0.15, -0.1) is 0 Å². The quantitative estimate of drug-likeness (QED) is 0.588. The number of benzene rings is 1. The van der Waals surface area contributed by atoms with Crippen LogP contribution in [-0.4, -0.2) is 59.1 Å². The normalized spacial score (nSPS) is 15.2. The van der Waals surface area contributed by atoms with E-state index in [1.807, 2.05) is 0 Å². The van der Waals surface area contributed by atoms with Crippen LogP contribution >= 0.6 is 23.2 Å². The van der Waals surface area contributed by atoms with Crippen molar-refractivity contribution >= 4 is 41.2 Å². The maximum atomic E-state index is 12.6. The zero-order chi connectivity index (χ0) is 22.6. The molecule has 0 aromatic heterocycles. The van der Waals surface area contributed by atoms with E-state index < -0.39 is 23.7 Å². The number of hydrogen-bond donors (Lipinski definition) is 0. The number of rotatable bonds is 6. The summed E-state index contributed by atoms with van der Waals surface area (Å²) in [4.78, 5) is 40.2. The minimum absolute atomic E-state index is 0.0486. The minimum Gasteiger partial charge on any atom is -0.466 e. The summed E-state index contributed by atoms with van der Waals surface area (Å²) in [7, 11) is 0. The van der Waals surface area contributed by atoms with Gasteiger partial charge in [0.25, 0.3) is 0 Å². The highest BCUT2D eigenvalue weighted by atomic mass is 35.5. The van der Waals surface area contributed by atoms with Gasteiger partial charge in [-0.2, -0.15) is 0 Å². The van der Waals surface area contributed by atoms with Crippen molar-refractivity contribution in [2.45, 2.75) is 58.7 Å². The summed E-state index contributed by atoms with van der Waals surface area (Å²) in [6, 6.07) is 4.05. The first-order valence-corrected chi connectivity index (χ1v) is 10.5. The fraction of sp³-hybridized carbons (Fsp3) is 0.571. The van der Waals surface area contributed by atoms with E-state index in [0.29, 0.717) is 28.7 Å². The van der Waals surface area contributed by atoms with Gasteiger partial charge in [-0.05, 0) is 51.5 Å². The number of nitrogens with zero attached hydrogens (tertiary/aromatic N) is 2. The predicted octanol–water partition coefficient (Wildman–Crippen LogP) is 4.46. The van der Waals surface area contributed by atoms with Gasteiger partial charge in [-0.1, -0.05) is 23.2 Å². The predicted molar refractivity (Wildman–Crippen MR) is 115 cm³/mol. The maximum absolute atomic E-state index is 12.6. The number of esters is 1. The van der Waals surface area contributed by atoms with E-state index in [4.69, 9.17) is 32.7 Å². The van der Waals surface area contributed by atoms with E-state index >= 15 is 0 Å². The van der Waals surface area contributed by atoms with E-state index in [1.165, 1.54) is 11.8 Å². The number of amides is 2. The first-order valence-electron chi connectivity index (χ1n) is 9.79. The van der Waals surface area contributed by atoms with Gasteiger partial charge in [0.05, 0.1) is 25.1 Å². The van der Waals surface area contributed by atoms with Gasteiger partial charge >= 0.3 is 12.1 Å². The van der Waals surface area contributed by atoms with E-state index in [1.54, 1.807) is 50.8 Å². The van der Waals surface area contributed by atoms with Crippen LogP contribution in [0.25, 0.3) is 0 Å². The van der Waals surface area contributed by atoms with Gasteiger partial charge in [-0.25, -0.2) is 4.79 Å². The molecule has 1 fully saturated rings. The monoisotopic (exact) mass is 458 g/mol. The van der Waals surface area contributed by atoms with E-state index in [2.05, 4.69) is 0 Å². The molecule has 2 rings (SSSR count).